The molecule has 0 aliphatic carbocycles. The van der Waals surface area contributed by atoms with Crippen LogP contribution in [-0.4, -0.2) is 41.2 Å². The van der Waals surface area contributed by atoms with Gasteiger partial charge in [0.2, 0.25) is 6.29 Å². The third-order valence-corrected chi connectivity index (χ3v) is 6.10. The summed E-state index contributed by atoms with van der Waals surface area (Å²) < 4.78 is 42.7. The number of hydrogen-bond donors (Lipinski definition) is 2. The Kier molecular flexibility index (Phi) is 10.8. The lowest BCUT2D eigenvalue weighted by Gasteiger charge is -2.21. The minimum atomic E-state index is -4.64. The maximum atomic E-state index is 12.0. The van der Waals surface area contributed by atoms with Crippen molar-refractivity contribution in [2.24, 2.45) is 0 Å². The number of ether oxygens (including phenoxy) is 2. The van der Waals surface area contributed by atoms with Gasteiger partial charge in [-0.05, 0) is 47.7 Å². The number of rotatable bonds is 9. The number of benzene rings is 3. The number of H-pyrrole nitrogens is 1. The molecule has 5 rings (SSSR count). The maximum absolute atomic E-state index is 12.0. The maximum Gasteiger partial charge on any atom is 0.446 e. The third-order valence-electron chi connectivity index (χ3n) is 6.10. The fourth-order valence-corrected chi connectivity index (χ4v) is 4.07. The molecule has 1 amide bonds. The number of fused-ring (bicyclic) bond motifs is 1. The standard InChI is InChI=1S/C29H29N3O4.C2HF3O/c33-27(32-36-28-11-4-5-18-34-28)17-16-21-12-14-22(15-13-21)19-26-30-24-9-6-10-25(29(24)31-26)35-20-23-7-2-1-3-8-23;3-2(4,5)1-6/h1-3,6-10,12-17,28H,4-5,11,18-20H2,(H,30,31)(H,32,33);1H/b17-16+;. The summed E-state index contributed by atoms with van der Waals surface area (Å²) in [5.41, 5.74) is 7.35. The Labute approximate surface area is 240 Å². The predicted molar refractivity (Wildman–Crippen MR) is 150 cm³/mol. The molecule has 220 valence electrons. The molecule has 2 heterocycles. The zero-order chi connectivity index (χ0) is 29.8. The first-order chi connectivity index (χ1) is 20.3. The molecule has 42 heavy (non-hydrogen) atoms. The van der Waals surface area contributed by atoms with Gasteiger partial charge in [0, 0.05) is 25.5 Å². The van der Waals surface area contributed by atoms with Crippen LogP contribution in [0.1, 0.15) is 41.8 Å². The first-order valence-electron chi connectivity index (χ1n) is 13.3. The van der Waals surface area contributed by atoms with Gasteiger partial charge in [-0.2, -0.15) is 13.2 Å². The number of nitrogens with one attached hydrogen (secondary N) is 2. The molecule has 8 nitrogen and oxygen atoms in total. The Hall–Kier alpha value is -4.48. The van der Waals surface area contributed by atoms with Crippen LogP contribution in [0.2, 0.25) is 0 Å². The highest BCUT2D eigenvalue weighted by molar-refractivity contribution is 5.91. The Bertz CT molecular complexity index is 1460. The quantitative estimate of drug-likeness (QED) is 0.141. The summed E-state index contributed by atoms with van der Waals surface area (Å²) in [5, 5.41) is 0. The molecule has 1 aromatic heterocycles. The van der Waals surface area contributed by atoms with Crippen molar-refractivity contribution in [2.45, 2.75) is 44.8 Å². The Morgan fingerprint density at radius 2 is 1.79 bits per heavy atom. The highest BCUT2D eigenvalue weighted by Gasteiger charge is 2.25. The molecule has 0 bridgehead atoms. The van der Waals surface area contributed by atoms with Gasteiger partial charge in [0.25, 0.3) is 5.91 Å². The van der Waals surface area contributed by atoms with E-state index >= 15 is 0 Å². The number of imidazole rings is 1. The number of hydroxylamine groups is 1. The van der Waals surface area contributed by atoms with Crippen LogP contribution in [0.25, 0.3) is 17.1 Å². The number of hydrogen-bond acceptors (Lipinski definition) is 6. The molecule has 1 fully saturated rings. The van der Waals surface area contributed by atoms with E-state index in [2.05, 4.69) is 10.5 Å². The Morgan fingerprint density at radius 3 is 2.48 bits per heavy atom. The van der Waals surface area contributed by atoms with E-state index in [-0.39, 0.29) is 12.2 Å². The predicted octanol–water partition coefficient (Wildman–Crippen LogP) is 6.07. The Morgan fingerprint density at radius 1 is 1.02 bits per heavy atom. The highest BCUT2D eigenvalue weighted by Crippen LogP contribution is 2.25. The van der Waals surface area contributed by atoms with Crippen molar-refractivity contribution in [1.29, 1.82) is 0 Å². The number of nitrogens with zero attached hydrogens (tertiary/aromatic N) is 1. The second kappa shape index (κ2) is 14.9. The van der Waals surface area contributed by atoms with Crippen LogP contribution in [0.4, 0.5) is 13.2 Å². The van der Waals surface area contributed by atoms with Crippen molar-refractivity contribution in [3.8, 4) is 5.75 Å². The summed E-state index contributed by atoms with van der Waals surface area (Å²) in [6, 6.07) is 24.0. The number of carbonyl (C=O) groups is 2. The lowest BCUT2D eigenvalue weighted by atomic mass is 10.1. The van der Waals surface area contributed by atoms with Gasteiger partial charge in [0.1, 0.15) is 23.7 Å². The molecular weight excluding hydrogens is 551 g/mol. The van der Waals surface area contributed by atoms with E-state index in [1.54, 1.807) is 6.08 Å². The third kappa shape index (κ3) is 9.86. The summed E-state index contributed by atoms with van der Waals surface area (Å²) in [5.74, 6) is 1.31. The number of aromatic nitrogens is 2. The number of halogens is 3. The number of amides is 1. The highest BCUT2D eigenvalue weighted by atomic mass is 19.4. The minimum Gasteiger partial charge on any atom is -0.487 e. The molecule has 1 aliphatic heterocycles. The fourth-order valence-electron chi connectivity index (χ4n) is 4.07. The minimum absolute atomic E-state index is 0.319. The number of para-hydroxylation sites is 1. The van der Waals surface area contributed by atoms with Crippen molar-refractivity contribution in [2.75, 3.05) is 6.61 Å². The molecule has 4 aromatic rings. The van der Waals surface area contributed by atoms with Gasteiger partial charge < -0.3 is 14.5 Å². The van der Waals surface area contributed by atoms with E-state index in [9.17, 15) is 18.0 Å². The van der Waals surface area contributed by atoms with Gasteiger partial charge in [-0.25, -0.2) is 15.3 Å². The Balaban J connectivity index is 0.000000612. The molecule has 2 N–H and O–H groups in total. The second-order valence-electron chi connectivity index (χ2n) is 9.40. The first-order valence-corrected chi connectivity index (χ1v) is 13.3. The molecule has 0 saturated carbocycles. The molecule has 0 radical (unpaired) electrons. The molecule has 3 aromatic carbocycles. The van der Waals surface area contributed by atoms with Gasteiger partial charge in [-0.1, -0.05) is 60.7 Å². The van der Waals surface area contributed by atoms with E-state index in [0.717, 1.165) is 58.6 Å². The summed E-state index contributed by atoms with van der Waals surface area (Å²) in [6.45, 7) is 1.16. The second-order valence-corrected chi connectivity index (χ2v) is 9.40. The van der Waals surface area contributed by atoms with Crippen LogP contribution < -0.4 is 10.2 Å². The van der Waals surface area contributed by atoms with Crippen LogP contribution in [0.15, 0.2) is 78.9 Å². The molecule has 1 aliphatic rings. The lowest BCUT2D eigenvalue weighted by molar-refractivity contribution is -0.198. The largest absolute Gasteiger partial charge is 0.487 e. The number of carbonyl (C=O) groups excluding carboxylic acids is 2. The summed E-state index contributed by atoms with van der Waals surface area (Å²) in [6.07, 6.45) is 0.665. The van der Waals surface area contributed by atoms with E-state index in [0.29, 0.717) is 19.6 Å². The fraction of sp³-hybridized carbons (Fsp3) is 0.258. The van der Waals surface area contributed by atoms with Crippen LogP contribution in [0, 0.1) is 0 Å². The average Bonchev–Trinajstić information content (AvgIpc) is 3.43. The van der Waals surface area contributed by atoms with Gasteiger partial charge in [0.05, 0.1) is 5.52 Å². The SMILES string of the molecule is O=C(/C=C/c1ccc(Cc2nc3c(OCc4ccccc4)cccc3[nH]2)cc1)NOC1CCCCO1.O=CC(F)(F)F. The first kappa shape index (κ1) is 30.5. The lowest BCUT2D eigenvalue weighted by Crippen LogP contribution is -2.32. The zero-order valence-corrected chi connectivity index (χ0v) is 22.6. The normalized spacial score (nSPS) is 15.2. The van der Waals surface area contributed by atoms with E-state index in [4.69, 9.17) is 24.1 Å². The monoisotopic (exact) mass is 581 g/mol. The van der Waals surface area contributed by atoms with Crippen molar-refractivity contribution in [3.05, 3.63) is 101 Å². The van der Waals surface area contributed by atoms with Crippen molar-refractivity contribution in [1.82, 2.24) is 15.4 Å². The molecule has 1 atom stereocenters. The topological polar surface area (TPSA) is 103 Å². The molecule has 11 heteroatoms. The molecule has 1 saturated heterocycles. The number of alkyl halides is 3. The molecule has 1 unspecified atom stereocenters. The van der Waals surface area contributed by atoms with Crippen molar-refractivity contribution in [3.63, 3.8) is 0 Å². The van der Waals surface area contributed by atoms with Gasteiger partial charge in [0.15, 0.2) is 6.29 Å². The van der Waals surface area contributed by atoms with E-state index < -0.39 is 12.5 Å². The molecular formula is C31H30F3N3O5. The summed E-state index contributed by atoms with van der Waals surface area (Å²) in [7, 11) is 0. The number of aldehydes is 1. The van der Waals surface area contributed by atoms with E-state index in [1.807, 2.05) is 72.8 Å². The van der Waals surface area contributed by atoms with Crippen LogP contribution in [0.5, 0.6) is 5.75 Å². The van der Waals surface area contributed by atoms with Crippen molar-refractivity contribution >= 4 is 29.3 Å². The zero-order valence-electron chi connectivity index (χ0n) is 22.6. The van der Waals surface area contributed by atoms with E-state index in [1.165, 1.54) is 6.08 Å². The van der Waals surface area contributed by atoms with Crippen LogP contribution in [-0.2, 0) is 32.2 Å². The smallest absolute Gasteiger partial charge is 0.446 e. The van der Waals surface area contributed by atoms with Crippen molar-refractivity contribution < 1.29 is 37.1 Å². The van der Waals surface area contributed by atoms with Gasteiger partial charge in [-0.3, -0.25) is 9.59 Å². The molecule has 0 spiro atoms. The van der Waals surface area contributed by atoms with Gasteiger partial charge >= 0.3 is 6.18 Å². The van der Waals surface area contributed by atoms with Gasteiger partial charge in [-0.15, -0.1) is 0 Å². The van der Waals surface area contributed by atoms with Crippen LogP contribution >= 0.6 is 0 Å². The number of aromatic amines is 1. The average molecular weight is 582 g/mol. The summed E-state index contributed by atoms with van der Waals surface area (Å²) >= 11 is 0. The van der Waals surface area contributed by atoms with Crippen LogP contribution in [0.3, 0.4) is 0 Å². The summed E-state index contributed by atoms with van der Waals surface area (Å²) in [4.78, 5) is 34.2.